The number of halogens is 1. The molecule has 2 aromatic rings. The molecule has 0 saturated heterocycles. The maximum Gasteiger partial charge on any atom is 0.0802 e. The fourth-order valence-corrected chi connectivity index (χ4v) is 2.48. The normalized spacial score (nSPS) is 13.9. The average molecular weight is 304 g/mol. The van der Waals surface area contributed by atoms with E-state index in [4.69, 9.17) is 11.6 Å². The molecule has 0 aliphatic carbocycles. The predicted molar refractivity (Wildman–Crippen MR) is 88.6 cm³/mol. The van der Waals surface area contributed by atoms with Crippen molar-refractivity contribution < 1.29 is 5.11 Å². The Hall–Kier alpha value is -1.35. The third-order valence-corrected chi connectivity index (χ3v) is 3.80. The zero-order valence-corrected chi connectivity index (χ0v) is 13.1. The van der Waals surface area contributed by atoms with Gasteiger partial charge in [0.1, 0.15) is 0 Å². The Balaban J connectivity index is 1.72. The van der Waals surface area contributed by atoms with Gasteiger partial charge in [-0.3, -0.25) is 0 Å². The van der Waals surface area contributed by atoms with Crippen LogP contribution in [0.1, 0.15) is 30.6 Å². The van der Waals surface area contributed by atoms with Gasteiger partial charge in [-0.05, 0) is 49.6 Å². The van der Waals surface area contributed by atoms with Gasteiger partial charge < -0.3 is 10.4 Å². The van der Waals surface area contributed by atoms with Crippen LogP contribution in [-0.4, -0.2) is 17.7 Å². The molecular formula is C18H22ClNO. The monoisotopic (exact) mass is 303 g/mol. The highest BCUT2D eigenvalue weighted by molar-refractivity contribution is 6.30. The maximum absolute atomic E-state index is 10.1. The molecule has 112 valence electrons. The van der Waals surface area contributed by atoms with Crippen LogP contribution in [0.5, 0.6) is 0 Å². The molecular weight excluding hydrogens is 282 g/mol. The summed E-state index contributed by atoms with van der Waals surface area (Å²) in [6, 6.07) is 18.2. The quantitative estimate of drug-likeness (QED) is 0.811. The number of nitrogens with one attached hydrogen (secondary N) is 1. The predicted octanol–water partition coefficient (Wildman–Crippen LogP) is 3.98. The SMILES string of the molecule is CC(Cc1ccccc1)NCCC(O)c1ccc(Cl)cc1. The summed E-state index contributed by atoms with van der Waals surface area (Å²) in [4.78, 5) is 0. The summed E-state index contributed by atoms with van der Waals surface area (Å²) >= 11 is 5.85. The van der Waals surface area contributed by atoms with Gasteiger partial charge in [0, 0.05) is 11.1 Å². The van der Waals surface area contributed by atoms with Crippen LogP contribution in [0.2, 0.25) is 5.02 Å². The van der Waals surface area contributed by atoms with Crippen molar-refractivity contribution in [3.8, 4) is 0 Å². The standard InChI is InChI=1S/C18H22ClNO/c1-14(13-15-5-3-2-4-6-15)20-12-11-18(21)16-7-9-17(19)10-8-16/h2-10,14,18,20-21H,11-13H2,1H3. The second kappa shape index (κ2) is 8.18. The Kier molecular flexibility index (Phi) is 6.24. The highest BCUT2D eigenvalue weighted by Gasteiger charge is 2.08. The number of hydrogen-bond acceptors (Lipinski definition) is 2. The van der Waals surface area contributed by atoms with Crippen LogP contribution in [0, 0.1) is 0 Å². The molecule has 0 bridgehead atoms. The van der Waals surface area contributed by atoms with E-state index in [-0.39, 0.29) is 0 Å². The second-order valence-electron chi connectivity index (χ2n) is 5.40. The van der Waals surface area contributed by atoms with Gasteiger partial charge in [-0.2, -0.15) is 0 Å². The topological polar surface area (TPSA) is 32.3 Å². The van der Waals surface area contributed by atoms with Crippen molar-refractivity contribution in [3.63, 3.8) is 0 Å². The first-order valence-corrected chi connectivity index (χ1v) is 7.74. The minimum atomic E-state index is -0.446. The van der Waals surface area contributed by atoms with Crippen molar-refractivity contribution in [2.75, 3.05) is 6.54 Å². The fourth-order valence-electron chi connectivity index (χ4n) is 2.36. The number of hydrogen-bond donors (Lipinski definition) is 2. The van der Waals surface area contributed by atoms with Gasteiger partial charge in [0.05, 0.1) is 6.10 Å². The summed E-state index contributed by atoms with van der Waals surface area (Å²) < 4.78 is 0. The largest absolute Gasteiger partial charge is 0.388 e. The Morgan fingerprint density at radius 3 is 2.38 bits per heavy atom. The van der Waals surface area contributed by atoms with E-state index in [2.05, 4.69) is 36.5 Å². The van der Waals surface area contributed by atoms with E-state index < -0.39 is 6.10 Å². The molecule has 0 spiro atoms. The summed E-state index contributed by atoms with van der Waals surface area (Å²) in [5, 5.41) is 14.3. The first-order valence-electron chi connectivity index (χ1n) is 7.36. The third kappa shape index (κ3) is 5.50. The Bertz CT molecular complexity index is 527. The molecule has 0 radical (unpaired) electrons. The van der Waals surface area contributed by atoms with Gasteiger partial charge in [-0.15, -0.1) is 0 Å². The average Bonchev–Trinajstić information content (AvgIpc) is 2.49. The minimum absolute atomic E-state index is 0.393. The lowest BCUT2D eigenvalue weighted by Gasteiger charge is -2.16. The van der Waals surface area contributed by atoms with Crippen LogP contribution in [0.3, 0.4) is 0 Å². The van der Waals surface area contributed by atoms with Crippen molar-refractivity contribution >= 4 is 11.6 Å². The summed E-state index contributed by atoms with van der Waals surface area (Å²) in [6.07, 6.45) is 1.25. The Labute approximate surface area is 131 Å². The van der Waals surface area contributed by atoms with Gasteiger partial charge in [0.15, 0.2) is 0 Å². The van der Waals surface area contributed by atoms with E-state index >= 15 is 0 Å². The molecule has 2 aromatic carbocycles. The molecule has 2 unspecified atom stereocenters. The van der Waals surface area contributed by atoms with Gasteiger partial charge in [-0.1, -0.05) is 54.1 Å². The van der Waals surface area contributed by atoms with Crippen molar-refractivity contribution in [2.45, 2.75) is 31.9 Å². The Morgan fingerprint density at radius 2 is 1.71 bits per heavy atom. The van der Waals surface area contributed by atoms with E-state index in [9.17, 15) is 5.11 Å². The van der Waals surface area contributed by atoms with Crippen LogP contribution in [0.25, 0.3) is 0 Å². The number of aliphatic hydroxyl groups excluding tert-OH is 1. The maximum atomic E-state index is 10.1. The third-order valence-electron chi connectivity index (χ3n) is 3.55. The number of benzene rings is 2. The number of aliphatic hydroxyl groups is 1. The summed E-state index contributed by atoms with van der Waals surface area (Å²) in [5.41, 5.74) is 2.24. The molecule has 0 heterocycles. The molecule has 2 atom stereocenters. The first-order chi connectivity index (χ1) is 10.1. The van der Waals surface area contributed by atoms with Gasteiger partial charge in [0.25, 0.3) is 0 Å². The first kappa shape index (κ1) is 16.0. The zero-order chi connectivity index (χ0) is 15.1. The van der Waals surface area contributed by atoms with Crippen molar-refractivity contribution in [3.05, 3.63) is 70.7 Å². The lowest BCUT2D eigenvalue weighted by molar-refractivity contribution is 0.165. The molecule has 0 aliphatic rings. The van der Waals surface area contributed by atoms with E-state index in [1.165, 1.54) is 5.56 Å². The van der Waals surface area contributed by atoms with Gasteiger partial charge in [0.2, 0.25) is 0 Å². The summed E-state index contributed by atoms with van der Waals surface area (Å²) in [6.45, 7) is 2.96. The molecule has 0 aromatic heterocycles. The zero-order valence-electron chi connectivity index (χ0n) is 12.3. The fraction of sp³-hybridized carbons (Fsp3) is 0.333. The molecule has 2 rings (SSSR count). The highest BCUT2D eigenvalue weighted by atomic mass is 35.5. The summed E-state index contributed by atoms with van der Waals surface area (Å²) in [5.74, 6) is 0. The lowest BCUT2D eigenvalue weighted by Crippen LogP contribution is -2.29. The molecule has 2 nitrogen and oxygen atoms in total. The number of rotatable bonds is 7. The van der Waals surface area contributed by atoms with Crippen LogP contribution in [-0.2, 0) is 6.42 Å². The second-order valence-corrected chi connectivity index (χ2v) is 5.84. The van der Waals surface area contributed by atoms with Crippen molar-refractivity contribution in [2.24, 2.45) is 0 Å². The van der Waals surface area contributed by atoms with Crippen LogP contribution < -0.4 is 5.32 Å². The lowest BCUT2D eigenvalue weighted by atomic mass is 10.1. The van der Waals surface area contributed by atoms with Gasteiger partial charge in [-0.25, -0.2) is 0 Å². The molecule has 21 heavy (non-hydrogen) atoms. The van der Waals surface area contributed by atoms with Crippen LogP contribution in [0.4, 0.5) is 0 Å². The summed E-state index contributed by atoms with van der Waals surface area (Å²) in [7, 11) is 0. The van der Waals surface area contributed by atoms with Crippen LogP contribution >= 0.6 is 11.6 Å². The van der Waals surface area contributed by atoms with E-state index in [1.54, 1.807) is 0 Å². The van der Waals surface area contributed by atoms with Crippen molar-refractivity contribution in [1.82, 2.24) is 5.32 Å². The smallest absolute Gasteiger partial charge is 0.0802 e. The van der Waals surface area contributed by atoms with Gasteiger partial charge >= 0.3 is 0 Å². The molecule has 0 saturated carbocycles. The van der Waals surface area contributed by atoms with E-state index in [0.717, 1.165) is 18.5 Å². The molecule has 3 heteroatoms. The molecule has 0 amide bonds. The van der Waals surface area contributed by atoms with E-state index in [0.29, 0.717) is 17.5 Å². The molecule has 0 aliphatic heterocycles. The van der Waals surface area contributed by atoms with Crippen LogP contribution in [0.15, 0.2) is 54.6 Å². The Morgan fingerprint density at radius 1 is 1.05 bits per heavy atom. The molecule has 2 N–H and O–H groups in total. The highest BCUT2D eigenvalue weighted by Crippen LogP contribution is 2.18. The van der Waals surface area contributed by atoms with Crippen molar-refractivity contribution in [1.29, 1.82) is 0 Å². The minimum Gasteiger partial charge on any atom is -0.388 e. The molecule has 0 fully saturated rings. The van der Waals surface area contributed by atoms with E-state index in [1.807, 2.05) is 30.3 Å².